The fourth-order valence-corrected chi connectivity index (χ4v) is 3.24. The number of hydrogen-bond donors (Lipinski definition) is 1. The predicted molar refractivity (Wildman–Crippen MR) is 98.4 cm³/mol. The van der Waals surface area contributed by atoms with Gasteiger partial charge in [0.25, 0.3) is 5.91 Å². The molecule has 3 aromatic rings. The molecule has 5 heteroatoms. The van der Waals surface area contributed by atoms with E-state index in [-0.39, 0.29) is 5.91 Å². The smallest absolute Gasteiger partial charge is 0.254 e. The van der Waals surface area contributed by atoms with Gasteiger partial charge in [0.05, 0.1) is 16.8 Å². The Kier molecular flexibility index (Phi) is 4.39. The van der Waals surface area contributed by atoms with E-state index < -0.39 is 0 Å². The summed E-state index contributed by atoms with van der Waals surface area (Å²) in [5, 5.41) is 4.25. The number of nitrogens with one attached hydrogen (secondary N) is 1. The maximum Gasteiger partial charge on any atom is 0.254 e. The van der Waals surface area contributed by atoms with Gasteiger partial charge in [-0.3, -0.25) is 9.78 Å². The van der Waals surface area contributed by atoms with E-state index in [2.05, 4.69) is 10.3 Å². The minimum absolute atomic E-state index is 0.0811. The van der Waals surface area contributed by atoms with E-state index in [1.165, 1.54) is 0 Å². The van der Waals surface area contributed by atoms with Gasteiger partial charge in [-0.25, -0.2) is 4.98 Å². The summed E-state index contributed by atoms with van der Waals surface area (Å²) in [6.45, 7) is 3.32. The molecule has 1 aliphatic rings. The van der Waals surface area contributed by atoms with Crippen LogP contribution in [0.1, 0.15) is 16.8 Å². The Hall–Kier alpha value is -2.79. The molecule has 0 bridgehead atoms. The zero-order valence-electron chi connectivity index (χ0n) is 14.0. The quantitative estimate of drug-likeness (QED) is 0.784. The number of para-hydroxylation sites is 1. The minimum Gasteiger partial charge on any atom is -0.337 e. The number of pyridine rings is 2. The molecule has 3 heterocycles. The molecule has 1 saturated heterocycles. The molecule has 126 valence electrons. The largest absolute Gasteiger partial charge is 0.337 e. The average Bonchev–Trinajstić information content (AvgIpc) is 2.97. The second kappa shape index (κ2) is 6.99. The summed E-state index contributed by atoms with van der Waals surface area (Å²) in [4.78, 5) is 24.0. The Balaban J connectivity index is 1.82. The van der Waals surface area contributed by atoms with Crippen molar-refractivity contribution in [3.63, 3.8) is 0 Å². The van der Waals surface area contributed by atoms with Crippen LogP contribution in [0.5, 0.6) is 0 Å². The number of amides is 1. The molecule has 1 amide bonds. The number of fused-ring (bicyclic) bond motifs is 1. The van der Waals surface area contributed by atoms with Crippen molar-refractivity contribution in [2.24, 2.45) is 0 Å². The lowest BCUT2D eigenvalue weighted by molar-refractivity contribution is 0.0768. The molecular weight excluding hydrogens is 312 g/mol. The highest BCUT2D eigenvalue weighted by Crippen LogP contribution is 2.25. The number of benzene rings is 1. The molecule has 4 rings (SSSR count). The standard InChI is InChI=1S/C20H20N4O/c25-20(24-12-3-8-21-11-13-24)17-14-19(15-6-9-22-10-7-15)23-18-5-2-1-4-16(17)18/h1-2,4-7,9-10,14,21H,3,8,11-13H2. The Morgan fingerprint density at radius 2 is 1.88 bits per heavy atom. The Morgan fingerprint density at radius 1 is 1.04 bits per heavy atom. The zero-order chi connectivity index (χ0) is 17.1. The molecule has 1 fully saturated rings. The number of rotatable bonds is 2. The number of hydrogen-bond acceptors (Lipinski definition) is 4. The van der Waals surface area contributed by atoms with Crippen molar-refractivity contribution in [1.82, 2.24) is 20.2 Å². The number of nitrogens with zero attached hydrogens (tertiary/aromatic N) is 3. The zero-order valence-corrected chi connectivity index (χ0v) is 14.0. The summed E-state index contributed by atoms with van der Waals surface area (Å²) in [5.74, 6) is 0.0811. The monoisotopic (exact) mass is 332 g/mol. The van der Waals surface area contributed by atoms with Crippen LogP contribution >= 0.6 is 0 Å². The number of carbonyl (C=O) groups is 1. The van der Waals surface area contributed by atoms with Crippen LogP contribution in [0.4, 0.5) is 0 Å². The molecule has 0 atom stereocenters. The van der Waals surface area contributed by atoms with E-state index in [0.717, 1.165) is 60.3 Å². The molecule has 0 radical (unpaired) electrons. The third-order valence-corrected chi connectivity index (χ3v) is 4.55. The predicted octanol–water partition coefficient (Wildman–Crippen LogP) is 2.73. The number of carbonyl (C=O) groups excluding carboxylic acids is 1. The molecule has 25 heavy (non-hydrogen) atoms. The van der Waals surface area contributed by atoms with E-state index >= 15 is 0 Å². The van der Waals surface area contributed by atoms with Crippen LogP contribution in [-0.2, 0) is 0 Å². The maximum atomic E-state index is 13.2. The molecule has 0 aliphatic carbocycles. The first kappa shape index (κ1) is 15.7. The summed E-state index contributed by atoms with van der Waals surface area (Å²) < 4.78 is 0. The summed E-state index contributed by atoms with van der Waals surface area (Å²) in [6, 6.07) is 13.6. The van der Waals surface area contributed by atoms with Gasteiger partial charge >= 0.3 is 0 Å². The fourth-order valence-electron chi connectivity index (χ4n) is 3.24. The van der Waals surface area contributed by atoms with Crippen molar-refractivity contribution in [2.75, 3.05) is 26.2 Å². The normalized spacial score (nSPS) is 15.1. The van der Waals surface area contributed by atoms with Crippen molar-refractivity contribution >= 4 is 16.8 Å². The molecular formula is C20H20N4O. The maximum absolute atomic E-state index is 13.2. The Labute approximate surface area is 146 Å². The van der Waals surface area contributed by atoms with Gasteiger partial charge in [0.1, 0.15) is 0 Å². The van der Waals surface area contributed by atoms with E-state index in [1.54, 1.807) is 12.4 Å². The van der Waals surface area contributed by atoms with Crippen LogP contribution in [0.2, 0.25) is 0 Å². The van der Waals surface area contributed by atoms with Crippen molar-refractivity contribution in [3.8, 4) is 11.3 Å². The second-order valence-corrected chi connectivity index (χ2v) is 6.20. The van der Waals surface area contributed by atoms with Crippen molar-refractivity contribution in [1.29, 1.82) is 0 Å². The van der Waals surface area contributed by atoms with Crippen LogP contribution < -0.4 is 5.32 Å². The van der Waals surface area contributed by atoms with E-state index in [9.17, 15) is 4.79 Å². The van der Waals surface area contributed by atoms with Gasteiger partial charge in [-0.15, -0.1) is 0 Å². The van der Waals surface area contributed by atoms with Crippen LogP contribution in [0.15, 0.2) is 54.9 Å². The van der Waals surface area contributed by atoms with E-state index in [0.29, 0.717) is 0 Å². The van der Waals surface area contributed by atoms with Gasteiger partial charge in [-0.1, -0.05) is 18.2 Å². The lowest BCUT2D eigenvalue weighted by Crippen LogP contribution is -2.34. The molecule has 5 nitrogen and oxygen atoms in total. The Morgan fingerprint density at radius 3 is 2.76 bits per heavy atom. The second-order valence-electron chi connectivity index (χ2n) is 6.20. The summed E-state index contributed by atoms with van der Waals surface area (Å²) in [7, 11) is 0. The van der Waals surface area contributed by atoms with Gasteiger partial charge in [-0.2, -0.15) is 0 Å². The summed E-state index contributed by atoms with van der Waals surface area (Å²) in [6.07, 6.45) is 4.47. The molecule has 0 saturated carbocycles. The third-order valence-electron chi connectivity index (χ3n) is 4.55. The van der Waals surface area contributed by atoms with Gasteiger partial charge < -0.3 is 10.2 Å². The van der Waals surface area contributed by atoms with Gasteiger partial charge in [0.2, 0.25) is 0 Å². The van der Waals surface area contributed by atoms with Gasteiger partial charge in [-0.05, 0) is 37.2 Å². The van der Waals surface area contributed by atoms with Crippen molar-refractivity contribution < 1.29 is 4.79 Å². The van der Waals surface area contributed by atoms with E-state index in [4.69, 9.17) is 4.98 Å². The Bertz CT molecular complexity index is 887. The van der Waals surface area contributed by atoms with Crippen LogP contribution in [0.3, 0.4) is 0 Å². The molecule has 1 N–H and O–H groups in total. The highest BCUT2D eigenvalue weighted by molar-refractivity contribution is 6.07. The number of aromatic nitrogens is 2. The molecule has 2 aromatic heterocycles. The van der Waals surface area contributed by atoms with Gasteiger partial charge in [0, 0.05) is 43.0 Å². The first-order chi connectivity index (χ1) is 12.3. The van der Waals surface area contributed by atoms with Crippen molar-refractivity contribution in [3.05, 3.63) is 60.4 Å². The molecule has 1 aromatic carbocycles. The van der Waals surface area contributed by atoms with Gasteiger partial charge in [0.15, 0.2) is 0 Å². The highest BCUT2D eigenvalue weighted by Gasteiger charge is 2.20. The topological polar surface area (TPSA) is 58.1 Å². The first-order valence-corrected chi connectivity index (χ1v) is 8.63. The summed E-state index contributed by atoms with van der Waals surface area (Å²) >= 11 is 0. The minimum atomic E-state index is 0.0811. The lowest BCUT2D eigenvalue weighted by atomic mass is 10.0. The van der Waals surface area contributed by atoms with Crippen LogP contribution in [0.25, 0.3) is 22.2 Å². The molecule has 1 aliphatic heterocycles. The van der Waals surface area contributed by atoms with E-state index in [1.807, 2.05) is 47.4 Å². The van der Waals surface area contributed by atoms with Crippen molar-refractivity contribution in [2.45, 2.75) is 6.42 Å². The highest BCUT2D eigenvalue weighted by atomic mass is 16.2. The summed E-state index contributed by atoms with van der Waals surface area (Å²) in [5.41, 5.74) is 3.33. The fraction of sp³-hybridized carbons (Fsp3) is 0.250. The molecule has 0 spiro atoms. The van der Waals surface area contributed by atoms with Crippen LogP contribution in [0, 0.1) is 0 Å². The molecule has 0 unspecified atom stereocenters. The third kappa shape index (κ3) is 3.23. The first-order valence-electron chi connectivity index (χ1n) is 8.63. The SMILES string of the molecule is O=C(c1cc(-c2ccncc2)nc2ccccc12)N1CCCNCC1. The lowest BCUT2D eigenvalue weighted by Gasteiger charge is -2.21. The average molecular weight is 332 g/mol. The van der Waals surface area contributed by atoms with Crippen LogP contribution in [-0.4, -0.2) is 47.0 Å².